The molecule has 0 aliphatic rings. The first kappa shape index (κ1) is 18.0. The van der Waals surface area contributed by atoms with E-state index in [0.717, 1.165) is 5.56 Å². The van der Waals surface area contributed by atoms with Gasteiger partial charge in [0.2, 0.25) is 0 Å². The van der Waals surface area contributed by atoms with Crippen molar-refractivity contribution in [2.24, 2.45) is 5.10 Å². The van der Waals surface area contributed by atoms with Gasteiger partial charge in [0.1, 0.15) is 11.5 Å². The molecule has 0 aromatic heterocycles. The van der Waals surface area contributed by atoms with Gasteiger partial charge >= 0.3 is 0 Å². The van der Waals surface area contributed by atoms with Crippen LogP contribution in [-0.2, 0) is 4.79 Å². The highest BCUT2D eigenvalue weighted by Crippen LogP contribution is 2.11. The summed E-state index contributed by atoms with van der Waals surface area (Å²) in [6.07, 6.45) is 1.44. The van der Waals surface area contributed by atoms with Gasteiger partial charge in [0.15, 0.2) is 0 Å². The van der Waals surface area contributed by atoms with Crippen LogP contribution in [0.4, 0.5) is 0 Å². The van der Waals surface area contributed by atoms with Crippen LogP contribution in [0.2, 0.25) is 0 Å². The Hall–Kier alpha value is -3.35. The van der Waals surface area contributed by atoms with E-state index in [-0.39, 0.29) is 18.2 Å². The molecule has 0 saturated carbocycles. The van der Waals surface area contributed by atoms with Gasteiger partial charge in [0, 0.05) is 5.56 Å². The summed E-state index contributed by atoms with van der Waals surface area (Å²) >= 11 is 0. The van der Waals surface area contributed by atoms with Gasteiger partial charge in [0.25, 0.3) is 11.8 Å². The zero-order chi connectivity index (χ0) is 18.1. The highest BCUT2D eigenvalue weighted by Gasteiger charge is 2.07. The zero-order valence-corrected chi connectivity index (χ0v) is 13.7. The van der Waals surface area contributed by atoms with Crippen LogP contribution in [0.15, 0.2) is 53.6 Å². The first-order valence-electron chi connectivity index (χ1n) is 7.70. The average Bonchev–Trinajstić information content (AvgIpc) is 2.62. The maximum Gasteiger partial charge on any atom is 0.259 e. The molecule has 0 unspecified atom stereocenters. The van der Waals surface area contributed by atoms with Crippen molar-refractivity contribution in [3.63, 3.8) is 0 Å². The molecule has 130 valence electrons. The summed E-state index contributed by atoms with van der Waals surface area (Å²) in [6.45, 7) is 2.23. The lowest BCUT2D eigenvalue weighted by Crippen LogP contribution is -2.34. The van der Waals surface area contributed by atoms with Gasteiger partial charge < -0.3 is 15.2 Å². The maximum absolute atomic E-state index is 12.0. The number of carbonyl (C=O) groups is 2. The normalized spacial score (nSPS) is 10.4. The molecule has 0 bridgehead atoms. The van der Waals surface area contributed by atoms with Crippen molar-refractivity contribution in [2.75, 3.05) is 13.2 Å². The molecule has 7 nitrogen and oxygen atoms in total. The Morgan fingerprint density at radius 3 is 2.44 bits per heavy atom. The largest absolute Gasteiger partial charge is 0.508 e. The number of nitrogens with zero attached hydrogens (tertiary/aromatic N) is 1. The van der Waals surface area contributed by atoms with Crippen LogP contribution in [0, 0.1) is 0 Å². The van der Waals surface area contributed by atoms with Gasteiger partial charge in [-0.25, -0.2) is 5.43 Å². The van der Waals surface area contributed by atoms with Crippen molar-refractivity contribution < 1.29 is 19.4 Å². The van der Waals surface area contributed by atoms with Crippen molar-refractivity contribution in [1.82, 2.24) is 10.7 Å². The van der Waals surface area contributed by atoms with E-state index in [0.29, 0.717) is 17.9 Å². The number of benzene rings is 2. The van der Waals surface area contributed by atoms with Crippen molar-refractivity contribution >= 4 is 18.0 Å². The van der Waals surface area contributed by atoms with E-state index in [2.05, 4.69) is 15.8 Å². The second-order valence-corrected chi connectivity index (χ2v) is 5.02. The third-order valence-corrected chi connectivity index (χ3v) is 3.13. The second-order valence-electron chi connectivity index (χ2n) is 5.02. The van der Waals surface area contributed by atoms with Gasteiger partial charge in [-0.2, -0.15) is 5.10 Å². The molecule has 2 rings (SSSR count). The van der Waals surface area contributed by atoms with Crippen LogP contribution in [-0.4, -0.2) is 36.3 Å². The minimum atomic E-state index is -0.450. The average molecular weight is 341 g/mol. The van der Waals surface area contributed by atoms with Crippen molar-refractivity contribution in [3.05, 3.63) is 59.7 Å². The molecule has 0 fully saturated rings. The topological polar surface area (TPSA) is 100 Å². The summed E-state index contributed by atoms with van der Waals surface area (Å²) in [5.74, 6) is 0.0218. The number of hydrogen-bond acceptors (Lipinski definition) is 5. The van der Waals surface area contributed by atoms with Gasteiger partial charge in [-0.15, -0.1) is 0 Å². The highest BCUT2D eigenvalue weighted by atomic mass is 16.5. The number of aromatic hydroxyl groups is 1. The first-order chi connectivity index (χ1) is 12.1. The number of amides is 2. The van der Waals surface area contributed by atoms with Crippen LogP contribution >= 0.6 is 0 Å². The summed E-state index contributed by atoms with van der Waals surface area (Å²) in [6, 6.07) is 13.0. The predicted octanol–water partition coefficient (Wildman–Crippen LogP) is 1.67. The molecule has 2 amide bonds. The number of carbonyl (C=O) groups excluding carboxylic acids is 2. The Labute approximate surface area is 145 Å². The predicted molar refractivity (Wildman–Crippen MR) is 93.8 cm³/mol. The van der Waals surface area contributed by atoms with Crippen LogP contribution in [0.5, 0.6) is 11.5 Å². The smallest absolute Gasteiger partial charge is 0.259 e. The van der Waals surface area contributed by atoms with E-state index in [1.54, 1.807) is 36.4 Å². The molecular weight excluding hydrogens is 322 g/mol. The lowest BCUT2D eigenvalue weighted by Gasteiger charge is -2.06. The minimum absolute atomic E-state index is 0.151. The number of hydrogen-bond donors (Lipinski definition) is 3. The Morgan fingerprint density at radius 1 is 1.12 bits per heavy atom. The molecule has 0 aliphatic carbocycles. The number of hydrazone groups is 1. The molecule has 3 N–H and O–H groups in total. The molecule has 0 heterocycles. The fraction of sp³-hybridized carbons (Fsp3) is 0.167. The highest BCUT2D eigenvalue weighted by molar-refractivity contribution is 5.96. The number of ether oxygens (including phenoxy) is 1. The number of rotatable bonds is 7. The van der Waals surface area contributed by atoms with E-state index >= 15 is 0 Å². The molecule has 0 radical (unpaired) electrons. The van der Waals surface area contributed by atoms with Crippen molar-refractivity contribution in [1.29, 1.82) is 0 Å². The fourth-order valence-electron chi connectivity index (χ4n) is 1.91. The van der Waals surface area contributed by atoms with Crippen LogP contribution in [0.3, 0.4) is 0 Å². The summed E-state index contributed by atoms with van der Waals surface area (Å²) in [5.41, 5.74) is 3.46. The third-order valence-electron chi connectivity index (χ3n) is 3.13. The van der Waals surface area contributed by atoms with Crippen LogP contribution < -0.4 is 15.5 Å². The molecule has 25 heavy (non-hydrogen) atoms. The first-order valence-corrected chi connectivity index (χ1v) is 7.70. The maximum atomic E-state index is 12.0. The Morgan fingerprint density at radius 2 is 1.80 bits per heavy atom. The molecule has 2 aromatic rings. The lowest BCUT2D eigenvalue weighted by molar-refractivity contribution is -0.120. The standard InChI is InChI=1S/C18H19N3O4/c1-2-25-16-9-5-14(6-10-16)18(24)19-12-17(23)21-20-11-13-3-7-15(22)8-4-13/h3-11,22H,2,12H2,1H3,(H,19,24)(H,21,23)/b20-11+. The summed E-state index contributed by atoms with van der Waals surface area (Å²) < 4.78 is 5.30. The Kier molecular flexibility index (Phi) is 6.53. The van der Waals surface area contributed by atoms with Crippen LogP contribution in [0.25, 0.3) is 0 Å². The minimum Gasteiger partial charge on any atom is -0.508 e. The Bertz CT molecular complexity index is 740. The molecule has 0 atom stereocenters. The van der Waals surface area contributed by atoms with Crippen LogP contribution in [0.1, 0.15) is 22.8 Å². The van der Waals surface area contributed by atoms with Gasteiger partial charge in [0.05, 0.1) is 19.4 Å². The van der Waals surface area contributed by atoms with E-state index < -0.39 is 5.91 Å². The molecule has 0 saturated heterocycles. The van der Waals surface area contributed by atoms with E-state index in [1.165, 1.54) is 18.3 Å². The van der Waals surface area contributed by atoms with Gasteiger partial charge in [-0.3, -0.25) is 9.59 Å². The van der Waals surface area contributed by atoms with Gasteiger partial charge in [-0.1, -0.05) is 0 Å². The zero-order valence-electron chi connectivity index (χ0n) is 13.7. The fourth-order valence-corrected chi connectivity index (χ4v) is 1.91. The molecular formula is C18H19N3O4. The summed E-state index contributed by atoms with van der Waals surface area (Å²) in [4.78, 5) is 23.6. The van der Waals surface area contributed by atoms with E-state index in [9.17, 15) is 9.59 Å². The number of phenolic OH excluding ortho intramolecular Hbond substituents is 1. The Balaban J connectivity index is 1.77. The molecule has 7 heteroatoms. The number of phenols is 1. The number of nitrogens with one attached hydrogen (secondary N) is 2. The summed E-state index contributed by atoms with van der Waals surface area (Å²) in [7, 11) is 0. The molecule has 0 aliphatic heterocycles. The lowest BCUT2D eigenvalue weighted by atomic mass is 10.2. The SMILES string of the molecule is CCOc1ccc(C(=O)NCC(=O)N/N=C/c2ccc(O)cc2)cc1. The van der Waals surface area contributed by atoms with Crippen molar-refractivity contribution in [3.8, 4) is 11.5 Å². The van der Waals surface area contributed by atoms with Gasteiger partial charge in [-0.05, 0) is 61.0 Å². The quantitative estimate of drug-likeness (QED) is 0.527. The summed E-state index contributed by atoms with van der Waals surface area (Å²) in [5, 5.41) is 15.5. The molecule has 0 spiro atoms. The second kappa shape index (κ2) is 9.07. The monoisotopic (exact) mass is 341 g/mol. The third kappa shape index (κ3) is 5.98. The molecule has 2 aromatic carbocycles. The van der Waals surface area contributed by atoms with E-state index in [4.69, 9.17) is 9.84 Å². The van der Waals surface area contributed by atoms with Crippen molar-refractivity contribution in [2.45, 2.75) is 6.92 Å². The van der Waals surface area contributed by atoms with E-state index in [1.807, 2.05) is 6.92 Å².